The molecule has 0 amide bonds. The quantitative estimate of drug-likeness (QED) is 0.908. The summed E-state index contributed by atoms with van der Waals surface area (Å²) in [5.74, 6) is 0. The molecule has 1 aliphatic rings. The minimum Gasteiger partial charge on any atom is -0.329 e. The van der Waals surface area contributed by atoms with Gasteiger partial charge in [-0.25, -0.2) is 0 Å². The molecule has 18 heavy (non-hydrogen) atoms. The molecule has 1 heterocycles. The van der Waals surface area contributed by atoms with E-state index in [1.165, 1.54) is 24.8 Å². The summed E-state index contributed by atoms with van der Waals surface area (Å²) in [7, 11) is 0. The number of nitrogens with zero attached hydrogens (tertiary/aromatic N) is 1. The van der Waals surface area contributed by atoms with E-state index in [1.54, 1.807) is 0 Å². The van der Waals surface area contributed by atoms with Gasteiger partial charge in [0, 0.05) is 23.1 Å². The van der Waals surface area contributed by atoms with Gasteiger partial charge in [0.15, 0.2) is 0 Å². The molecule has 0 radical (unpaired) electrons. The molecule has 4 heteroatoms. The van der Waals surface area contributed by atoms with Crippen molar-refractivity contribution in [3.63, 3.8) is 0 Å². The number of hydrogen-bond acceptors (Lipinski definition) is 2. The molecule has 0 aliphatic carbocycles. The molecule has 1 aromatic carbocycles. The second-order valence-corrected chi connectivity index (χ2v) is 6.27. The highest BCUT2D eigenvalue weighted by molar-refractivity contribution is 9.10. The molecule has 100 valence electrons. The molecule has 0 bridgehead atoms. The lowest BCUT2D eigenvalue weighted by molar-refractivity contribution is 0.109. The van der Waals surface area contributed by atoms with Gasteiger partial charge in [-0.05, 0) is 59.9 Å². The second kappa shape index (κ2) is 6.38. The van der Waals surface area contributed by atoms with E-state index in [4.69, 9.17) is 17.3 Å². The van der Waals surface area contributed by atoms with Crippen LogP contribution in [-0.4, -0.2) is 24.0 Å². The van der Waals surface area contributed by atoms with Gasteiger partial charge in [-0.2, -0.15) is 0 Å². The zero-order chi connectivity index (χ0) is 13.1. The third kappa shape index (κ3) is 3.08. The molecular weight excluding hydrogens is 312 g/mol. The van der Waals surface area contributed by atoms with E-state index < -0.39 is 0 Å². The summed E-state index contributed by atoms with van der Waals surface area (Å²) in [6, 6.07) is 7.04. The number of nitrogens with two attached hydrogens (primary N) is 1. The molecular formula is C14H20BrClN2. The van der Waals surface area contributed by atoms with Crippen LogP contribution < -0.4 is 5.73 Å². The number of rotatable bonds is 3. The zero-order valence-electron chi connectivity index (χ0n) is 10.7. The van der Waals surface area contributed by atoms with E-state index >= 15 is 0 Å². The molecule has 2 unspecified atom stereocenters. The van der Waals surface area contributed by atoms with E-state index in [-0.39, 0.29) is 0 Å². The first-order valence-electron chi connectivity index (χ1n) is 6.54. The van der Waals surface area contributed by atoms with Gasteiger partial charge >= 0.3 is 0 Å². The van der Waals surface area contributed by atoms with Crippen molar-refractivity contribution >= 4 is 27.5 Å². The van der Waals surface area contributed by atoms with Crippen LogP contribution in [0.4, 0.5) is 0 Å². The fourth-order valence-corrected chi connectivity index (χ4v) is 3.28. The van der Waals surface area contributed by atoms with E-state index in [9.17, 15) is 0 Å². The Morgan fingerprint density at radius 3 is 2.89 bits per heavy atom. The topological polar surface area (TPSA) is 29.3 Å². The van der Waals surface area contributed by atoms with Gasteiger partial charge in [0.2, 0.25) is 0 Å². The molecule has 1 saturated heterocycles. The fourth-order valence-electron chi connectivity index (χ4n) is 2.77. The average molecular weight is 332 g/mol. The first-order chi connectivity index (χ1) is 8.63. The molecule has 1 fully saturated rings. The molecule has 1 aliphatic heterocycles. The summed E-state index contributed by atoms with van der Waals surface area (Å²) < 4.78 is 0.949. The summed E-state index contributed by atoms with van der Waals surface area (Å²) in [4.78, 5) is 2.53. The lowest BCUT2D eigenvalue weighted by Crippen LogP contribution is -2.43. The number of piperidine rings is 1. The molecule has 0 aromatic heterocycles. The molecule has 2 nitrogen and oxygen atoms in total. The highest BCUT2D eigenvalue weighted by Crippen LogP contribution is 2.31. The first-order valence-corrected chi connectivity index (χ1v) is 7.71. The molecule has 2 N–H and O–H groups in total. The second-order valence-electron chi connectivity index (χ2n) is 5.01. The van der Waals surface area contributed by atoms with Gasteiger partial charge in [0.25, 0.3) is 0 Å². The lowest BCUT2D eigenvalue weighted by Gasteiger charge is -2.39. The van der Waals surface area contributed by atoms with Crippen LogP contribution in [0.5, 0.6) is 0 Å². The highest BCUT2D eigenvalue weighted by Gasteiger charge is 2.26. The van der Waals surface area contributed by atoms with Gasteiger partial charge in [0.05, 0.1) is 5.02 Å². The minimum atomic E-state index is 0.300. The monoisotopic (exact) mass is 330 g/mol. The van der Waals surface area contributed by atoms with Crippen molar-refractivity contribution in [3.8, 4) is 0 Å². The molecule has 2 rings (SSSR count). The van der Waals surface area contributed by atoms with E-state index in [1.807, 2.05) is 6.07 Å². The Balaban J connectivity index is 2.23. The van der Waals surface area contributed by atoms with Crippen LogP contribution in [0.25, 0.3) is 0 Å². The number of likely N-dealkylation sites (tertiary alicyclic amines) is 1. The van der Waals surface area contributed by atoms with Crippen LogP contribution in [0.1, 0.15) is 37.8 Å². The third-order valence-corrected chi connectivity index (χ3v) is 5.02. The largest absolute Gasteiger partial charge is 0.329 e. The van der Waals surface area contributed by atoms with Crippen molar-refractivity contribution in [2.24, 2.45) is 5.73 Å². The maximum absolute atomic E-state index is 6.05. The van der Waals surface area contributed by atoms with Gasteiger partial charge in [0.1, 0.15) is 0 Å². The molecule has 0 saturated carbocycles. The molecule has 1 aromatic rings. The molecule has 2 atom stereocenters. The Labute approximate surface area is 123 Å². The minimum absolute atomic E-state index is 0.300. The van der Waals surface area contributed by atoms with Crippen LogP contribution in [0.15, 0.2) is 22.7 Å². The number of hydrogen-bond donors (Lipinski definition) is 1. The summed E-state index contributed by atoms with van der Waals surface area (Å²) in [5.41, 5.74) is 7.25. The number of halogens is 2. The SMILES string of the molecule is CC1CCCCN1C(CN)c1ccc(Cl)c(Br)c1. The van der Waals surface area contributed by atoms with Gasteiger partial charge in [-0.1, -0.05) is 24.1 Å². The summed E-state index contributed by atoms with van der Waals surface area (Å²) in [6.07, 6.45) is 3.88. The van der Waals surface area contributed by atoms with E-state index in [0.717, 1.165) is 16.0 Å². The fraction of sp³-hybridized carbons (Fsp3) is 0.571. The first kappa shape index (κ1) is 14.3. The van der Waals surface area contributed by atoms with Crippen LogP contribution in [-0.2, 0) is 0 Å². The smallest absolute Gasteiger partial charge is 0.0548 e. The highest BCUT2D eigenvalue weighted by atomic mass is 79.9. The third-order valence-electron chi connectivity index (χ3n) is 3.81. The lowest BCUT2D eigenvalue weighted by atomic mass is 9.97. The van der Waals surface area contributed by atoms with Crippen LogP contribution in [0.3, 0.4) is 0 Å². The maximum Gasteiger partial charge on any atom is 0.0548 e. The zero-order valence-corrected chi connectivity index (χ0v) is 13.0. The Morgan fingerprint density at radius 1 is 1.50 bits per heavy atom. The van der Waals surface area contributed by atoms with Crippen molar-refractivity contribution < 1.29 is 0 Å². The van der Waals surface area contributed by atoms with Crippen molar-refractivity contribution in [2.45, 2.75) is 38.3 Å². The summed E-state index contributed by atoms with van der Waals surface area (Å²) in [6.45, 7) is 4.09. The summed E-state index contributed by atoms with van der Waals surface area (Å²) >= 11 is 9.54. The normalized spacial score (nSPS) is 23.0. The predicted molar refractivity (Wildman–Crippen MR) is 81.0 cm³/mol. The Morgan fingerprint density at radius 2 is 2.28 bits per heavy atom. The van der Waals surface area contributed by atoms with Crippen LogP contribution in [0.2, 0.25) is 5.02 Å². The van der Waals surface area contributed by atoms with Crippen molar-refractivity contribution in [1.29, 1.82) is 0 Å². The summed E-state index contributed by atoms with van der Waals surface area (Å²) in [5, 5.41) is 0.751. The average Bonchev–Trinajstić information content (AvgIpc) is 2.37. The van der Waals surface area contributed by atoms with Gasteiger partial charge in [-0.15, -0.1) is 0 Å². The Bertz CT molecular complexity index is 411. The van der Waals surface area contributed by atoms with Gasteiger partial charge in [-0.3, -0.25) is 4.90 Å². The Kier molecular flexibility index (Phi) is 5.07. The number of benzene rings is 1. The van der Waals surface area contributed by atoms with Gasteiger partial charge < -0.3 is 5.73 Å². The van der Waals surface area contributed by atoms with Crippen molar-refractivity contribution in [2.75, 3.05) is 13.1 Å². The maximum atomic E-state index is 6.05. The van der Waals surface area contributed by atoms with Crippen molar-refractivity contribution in [1.82, 2.24) is 4.90 Å². The van der Waals surface area contributed by atoms with E-state index in [2.05, 4.69) is 39.9 Å². The van der Waals surface area contributed by atoms with Crippen molar-refractivity contribution in [3.05, 3.63) is 33.3 Å². The molecule has 0 spiro atoms. The predicted octanol–water partition coefficient (Wildman–Crippen LogP) is 3.98. The Hall–Kier alpha value is -0.0900. The standard InChI is InChI=1S/C14H20BrClN2/c1-10-4-2-3-7-18(10)14(9-17)11-5-6-13(16)12(15)8-11/h5-6,8,10,14H,2-4,7,9,17H2,1H3. The van der Waals surface area contributed by atoms with E-state index in [0.29, 0.717) is 18.6 Å². The van der Waals surface area contributed by atoms with Crippen LogP contribution in [0, 0.1) is 0 Å². The van der Waals surface area contributed by atoms with Crippen LogP contribution >= 0.6 is 27.5 Å².